The fourth-order valence-corrected chi connectivity index (χ4v) is 4.72. The summed E-state index contributed by atoms with van der Waals surface area (Å²) in [5.74, 6) is 1.13. The molecule has 7 heteroatoms. The van der Waals surface area contributed by atoms with Gasteiger partial charge in [0.2, 0.25) is 0 Å². The zero-order valence-electron chi connectivity index (χ0n) is 20.1. The molecule has 1 aliphatic heterocycles. The standard InChI is InChI=1S/C28H27Cl3N2O2/c1-5-35-23-16-19(28(2,3)4)10-15-22(23)26-32-24(17-6-11-20(29)12-7-17)25(33(26)27(31)34)18-8-13-21(30)14-9-18/h6-16,24-25H,5H2,1-4H3. The number of carbonyl (C=O) groups is 1. The smallest absolute Gasteiger partial charge is 0.322 e. The van der Waals surface area contributed by atoms with Crippen molar-refractivity contribution in [1.29, 1.82) is 0 Å². The molecule has 0 saturated heterocycles. The third kappa shape index (κ3) is 5.35. The normalized spacial score (nSPS) is 17.9. The van der Waals surface area contributed by atoms with Crippen molar-refractivity contribution in [2.24, 2.45) is 4.99 Å². The van der Waals surface area contributed by atoms with Crippen LogP contribution in [0.4, 0.5) is 4.79 Å². The summed E-state index contributed by atoms with van der Waals surface area (Å²) >= 11 is 18.5. The molecule has 1 aliphatic rings. The average molecular weight is 530 g/mol. The number of hydrogen-bond acceptors (Lipinski definition) is 3. The molecule has 0 bridgehead atoms. The first-order chi connectivity index (χ1) is 16.6. The first kappa shape index (κ1) is 25.6. The van der Waals surface area contributed by atoms with Gasteiger partial charge in [-0.15, -0.1) is 0 Å². The lowest BCUT2D eigenvalue weighted by molar-refractivity contribution is 0.231. The lowest BCUT2D eigenvalue weighted by Crippen LogP contribution is -2.34. The van der Waals surface area contributed by atoms with E-state index in [1.54, 1.807) is 17.0 Å². The van der Waals surface area contributed by atoms with E-state index >= 15 is 0 Å². The number of nitrogens with zero attached hydrogens (tertiary/aromatic N) is 2. The lowest BCUT2D eigenvalue weighted by Gasteiger charge is -2.28. The van der Waals surface area contributed by atoms with Crippen LogP contribution in [0.15, 0.2) is 71.7 Å². The third-order valence-corrected chi connectivity index (χ3v) is 6.75. The van der Waals surface area contributed by atoms with E-state index in [0.29, 0.717) is 33.8 Å². The number of carbonyl (C=O) groups excluding carboxylic acids is 1. The highest BCUT2D eigenvalue weighted by molar-refractivity contribution is 6.64. The number of rotatable bonds is 5. The van der Waals surface area contributed by atoms with Crippen LogP contribution < -0.4 is 4.74 Å². The maximum Gasteiger partial charge on any atom is 0.322 e. The topological polar surface area (TPSA) is 41.9 Å². The molecule has 2 unspecified atom stereocenters. The fraction of sp³-hybridized carbons (Fsp3) is 0.286. The number of benzene rings is 3. The van der Waals surface area contributed by atoms with Crippen LogP contribution in [-0.4, -0.2) is 22.7 Å². The van der Waals surface area contributed by atoms with E-state index in [1.165, 1.54) is 0 Å². The summed E-state index contributed by atoms with van der Waals surface area (Å²) in [5, 5.41) is 0.610. The SMILES string of the molecule is CCOc1cc(C(C)(C)C)ccc1C1=NC(c2ccc(Cl)cc2)C(c2ccc(Cl)cc2)N1C(=O)Cl. The highest BCUT2D eigenvalue weighted by Crippen LogP contribution is 2.45. The lowest BCUT2D eigenvalue weighted by atomic mass is 9.86. The Morgan fingerprint density at radius 1 is 0.943 bits per heavy atom. The minimum atomic E-state index is -0.623. The summed E-state index contributed by atoms with van der Waals surface area (Å²) < 4.78 is 6.03. The number of aliphatic imine (C=N–C) groups is 1. The Morgan fingerprint density at radius 3 is 2.03 bits per heavy atom. The highest BCUT2D eigenvalue weighted by atomic mass is 35.5. The minimum Gasteiger partial charge on any atom is -0.493 e. The fourth-order valence-electron chi connectivity index (χ4n) is 4.29. The van der Waals surface area contributed by atoms with E-state index < -0.39 is 17.5 Å². The van der Waals surface area contributed by atoms with E-state index in [2.05, 4.69) is 20.8 Å². The molecule has 4 rings (SSSR count). The van der Waals surface area contributed by atoms with Crippen LogP contribution in [0.3, 0.4) is 0 Å². The molecule has 0 fully saturated rings. The van der Waals surface area contributed by atoms with E-state index in [1.807, 2.05) is 61.5 Å². The Bertz CT molecular complexity index is 1250. The number of hydrogen-bond donors (Lipinski definition) is 0. The maximum absolute atomic E-state index is 12.9. The minimum absolute atomic E-state index is 0.0679. The van der Waals surface area contributed by atoms with E-state index in [4.69, 9.17) is 44.5 Å². The van der Waals surface area contributed by atoms with Gasteiger partial charge in [-0.3, -0.25) is 14.7 Å². The Morgan fingerprint density at radius 2 is 1.51 bits per heavy atom. The molecule has 0 radical (unpaired) electrons. The number of amides is 1. The summed E-state index contributed by atoms with van der Waals surface area (Å²) in [6.45, 7) is 8.84. The molecule has 4 nitrogen and oxygen atoms in total. The molecule has 182 valence electrons. The molecule has 0 aromatic heterocycles. The van der Waals surface area contributed by atoms with Crippen molar-refractivity contribution in [1.82, 2.24) is 4.90 Å². The first-order valence-corrected chi connectivity index (χ1v) is 12.6. The van der Waals surface area contributed by atoms with E-state index in [-0.39, 0.29) is 5.41 Å². The van der Waals surface area contributed by atoms with Gasteiger partial charge in [-0.1, -0.05) is 74.3 Å². The summed E-state index contributed by atoms with van der Waals surface area (Å²) in [5.41, 5.74) is 3.55. The van der Waals surface area contributed by atoms with Crippen molar-refractivity contribution in [3.63, 3.8) is 0 Å². The zero-order chi connectivity index (χ0) is 25.3. The van der Waals surface area contributed by atoms with Gasteiger partial charge in [-0.25, -0.2) is 0 Å². The molecule has 0 saturated carbocycles. The van der Waals surface area contributed by atoms with Gasteiger partial charge in [-0.2, -0.15) is 0 Å². The second kappa shape index (κ2) is 10.2. The molecule has 2 atom stereocenters. The van der Waals surface area contributed by atoms with Crippen LogP contribution in [0.5, 0.6) is 5.75 Å². The molecule has 3 aromatic rings. The molecule has 1 heterocycles. The summed E-state index contributed by atoms with van der Waals surface area (Å²) in [4.78, 5) is 19.5. The molecule has 1 amide bonds. The van der Waals surface area contributed by atoms with Crippen molar-refractivity contribution in [3.05, 3.63) is 99.0 Å². The number of ether oxygens (including phenoxy) is 1. The molecular formula is C28H27Cl3N2O2. The van der Waals surface area contributed by atoms with Crippen molar-refractivity contribution >= 4 is 46.0 Å². The van der Waals surface area contributed by atoms with Gasteiger partial charge in [0.1, 0.15) is 17.6 Å². The van der Waals surface area contributed by atoms with E-state index in [0.717, 1.165) is 16.7 Å². The van der Waals surface area contributed by atoms with Gasteiger partial charge >= 0.3 is 5.37 Å². The van der Waals surface area contributed by atoms with Crippen molar-refractivity contribution in [2.45, 2.75) is 45.2 Å². The first-order valence-electron chi connectivity index (χ1n) is 11.4. The van der Waals surface area contributed by atoms with Crippen LogP contribution in [-0.2, 0) is 5.41 Å². The molecule has 0 aliphatic carbocycles. The van der Waals surface area contributed by atoms with Crippen molar-refractivity contribution in [3.8, 4) is 5.75 Å². The Balaban J connectivity index is 1.91. The maximum atomic E-state index is 12.9. The Labute approximate surface area is 221 Å². The largest absolute Gasteiger partial charge is 0.493 e. The van der Waals surface area contributed by atoms with E-state index in [9.17, 15) is 4.79 Å². The highest BCUT2D eigenvalue weighted by Gasteiger charge is 2.42. The predicted molar refractivity (Wildman–Crippen MR) is 144 cm³/mol. The Hall–Kier alpha value is -2.53. The quantitative estimate of drug-likeness (QED) is 0.245. The molecule has 35 heavy (non-hydrogen) atoms. The zero-order valence-corrected chi connectivity index (χ0v) is 22.3. The van der Waals surface area contributed by atoms with Gasteiger partial charge < -0.3 is 4.74 Å². The van der Waals surface area contributed by atoms with Crippen LogP contribution in [0.2, 0.25) is 10.0 Å². The van der Waals surface area contributed by atoms with Gasteiger partial charge in [0, 0.05) is 10.0 Å². The predicted octanol–water partition coefficient (Wildman–Crippen LogP) is 8.59. The monoisotopic (exact) mass is 528 g/mol. The summed E-state index contributed by atoms with van der Waals surface area (Å²) in [6.07, 6.45) is 0. The average Bonchev–Trinajstić information content (AvgIpc) is 3.20. The van der Waals surface area contributed by atoms with Gasteiger partial charge in [-0.05, 0) is 77.0 Å². The van der Waals surface area contributed by atoms with Crippen molar-refractivity contribution < 1.29 is 9.53 Å². The molecule has 0 spiro atoms. The van der Waals surface area contributed by atoms with Crippen LogP contribution in [0.25, 0.3) is 0 Å². The number of amidine groups is 1. The molecular weight excluding hydrogens is 503 g/mol. The Kier molecular flexibility index (Phi) is 7.46. The second-order valence-corrected chi connectivity index (χ2v) is 10.7. The summed E-state index contributed by atoms with van der Waals surface area (Å²) in [6, 6.07) is 20.0. The van der Waals surface area contributed by atoms with Gasteiger partial charge in [0.25, 0.3) is 0 Å². The molecule has 0 N–H and O–H groups in total. The van der Waals surface area contributed by atoms with Crippen molar-refractivity contribution in [2.75, 3.05) is 6.61 Å². The van der Waals surface area contributed by atoms with Crippen LogP contribution >= 0.6 is 34.8 Å². The second-order valence-electron chi connectivity index (χ2n) is 9.46. The molecule has 3 aromatic carbocycles. The third-order valence-electron chi connectivity index (χ3n) is 6.07. The van der Waals surface area contributed by atoms with Crippen LogP contribution in [0, 0.1) is 0 Å². The van der Waals surface area contributed by atoms with Crippen LogP contribution in [0.1, 0.15) is 62.0 Å². The summed E-state index contributed by atoms with van der Waals surface area (Å²) in [7, 11) is 0. The van der Waals surface area contributed by atoms with Gasteiger partial charge in [0.15, 0.2) is 0 Å². The number of halogens is 3. The van der Waals surface area contributed by atoms with Gasteiger partial charge in [0.05, 0.1) is 18.2 Å².